The fraction of sp³-hybridized carbons (Fsp3) is 0.0833. The summed E-state index contributed by atoms with van der Waals surface area (Å²) in [5.74, 6) is -1.52. The second-order valence-corrected chi connectivity index (χ2v) is 4.42. The first-order chi connectivity index (χ1) is 8.91. The van der Waals surface area contributed by atoms with Crippen LogP contribution in [0.3, 0.4) is 0 Å². The molecule has 0 spiro atoms. The van der Waals surface area contributed by atoms with Crippen molar-refractivity contribution in [3.8, 4) is 5.75 Å². The Labute approximate surface area is 118 Å². The van der Waals surface area contributed by atoms with E-state index in [1.165, 1.54) is 31.2 Å². The normalized spacial score (nSPS) is 15.2. The van der Waals surface area contributed by atoms with E-state index in [2.05, 4.69) is 0 Å². The van der Waals surface area contributed by atoms with Crippen molar-refractivity contribution in [2.24, 2.45) is 0 Å². The van der Waals surface area contributed by atoms with E-state index in [4.69, 9.17) is 27.9 Å². The lowest BCUT2D eigenvalue weighted by molar-refractivity contribution is -0.132. The molecule has 0 fully saturated rings. The maximum absolute atomic E-state index is 11.7. The lowest BCUT2D eigenvalue weighted by Gasteiger charge is -2.14. The maximum atomic E-state index is 11.7. The molecule has 0 radical (unpaired) electrons. The summed E-state index contributed by atoms with van der Waals surface area (Å²) in [5.41, 5.74) is 0.291. The number of hydrogen-bond acceptors (Lipinski definition) is 4. The fourth-order valence-corrected chi connectivity index (χ4v) is 1.87. The van der Waals surface area contributed by atoms with Crippen LogP contribution in [0.2, 0.25) is 0 Å². The zero-order valence-electron chi connectivity index (χ0n) is 9.65. The van der Waals surface area contributed by atoms with Crippen molar-refractivity contribution in [3.05, 3.63) is 34.3 Å². The molecule has 0 aliphatic carbocycles. The third-order valence-electron chi connectivity index (χ3n) is 2.33. The lowest BCUT2D eigenvalue weighted by Crippen LogP contribution is -2.30. The number of carbonyl (C=O) groups excluding carboxylic acids is 3. The zero-order chi connectivity index (χ0) is 14.2. The van der Waals surface area contributed by atoms with Gasteiger partial charge in [-0.2, -0.15) is 0 Å². The third-order valence-corrected chi connectivity index (χ3v) is 3.13. The Bertz CT molecular complexity index is 583. The summed E-state index contributed by atoms with van der Waals surface area (Å²) in [6.45, 7) is 1.27. The molecular weight excluding hydrogens is 293 g/mol. The lowest BCUT2D eigenvalue weighted by atomic mass is 10.3. The third kappa shape index (κ3) is 2.47. The van der Waals surface area contributed by atoms with Crippen molar-refractivity contribution >= 4 is 46.7 Å². The molecule has 1 heterocycles. The van der Waals surface area contributed by atoms with Crippen LogP contribution < -0.4 is 9.64 Å². The highest BCUT2D eigenvalue weighted by Gasteiger charge is 2.37. The molecule has 1 aliphatic heterocycles. The van der Waals surface area contributed by atoms with E-state index in [-0.39, 0.29) is 10.1 Å². The van der Waals surface area contributed by atoms with Gasteiger partial charge in [-0.05, 0) is 24.3 Å². The van der Waals surface area contributed by atoms with Crippen molar-refractivity contribution in [3.63, 3.8) is 0 Å². The van der Waals surface area contributed by atoms with E-state index in [0.717, 1.165) is 4.90 Å². The highest BCUT2D eigenvalue weighted by atomic mass is 35.5. The van der Waals surface area contributed by atoms with Gasteiger partial charge in [-0.25, -0.2) is 4.90 Å². The minimum Gasteiger partial charge on any atom is -0.427 e. The largest absolute Gasteiger partial charge is 0.427 e. The monoisotopic (exact) mass is 299 g/mol. The van der Waals surface area contributed by atoms with E-state index in [1.807, 2.05) is 0 Å². The zero-order valence-corrected chi connectivity index (χ0v) is 11.2. The van der Waals surface area contributed by atoms with Gasteiger partial charge >= 0.3 is 5.97 Å². The van der Waals surface area contributed by atoms with Gasteiger partial charge in [0.2, 0.25) is 0 Å². The first kappa shape index (κ1) is 13.6. The average Bonchev–Trinajstić information content (AvgIpc) is 2.55. The number of esters is 1. The molecule has 0 bridgehead atoms. The Hall–Kier alpha value is -1.85. The molecule has 0 unspecified atom stereocenters. The molecule has 98 valence electrons. The van der Waals surface area contributed by atoms with Crippen molar-refractivity contribution in [2.75, 3.05) is 4.90 Å². The number of anilines is 1. The molecule has 1 aliphatic rings. The Morgan fingerprint density at radius 3 is 1.95 bits per heavy atom. The topological polar surface area (TPSA) is 63.7 Å². The van der Waals surface area contributed by atoms with E-state index < -0.39 is 17.8 Å². The number of ether oxygens (including phenoxy) is 1. The van der Waals surface area contributed by atoms with Crippen molar-refractivity contribution in [1.29, 1.82) is 0 Å². The van der Waals surface area contributed by atoms with Gasteiger partial charge in [-0.1, -0.05) is 23.2 Å². The Balaban J connectivity index is 2.27. The maximum Gasteiger partial charge on any atom is 0.308 e. The van der Waals surface area contributed by atoms with Crippen LogP contribution in [0.4, 0.5) is 5.69 Å². The van der Waals surface area contributed by atoms with Crippen LogP contribution in [0, 0.1) is 0 Å². The number of halogens is 2. The van der Waals surface area contributed by atoms with Gasteiger partial charge in [-0.3, -0.25) is 14.4 Å². The summed E-state index contributed by atoms with van der Waals surface area (Å²) in [5, 5.41) is -0.619. The SMILES string of the molecule is CC(=O)Oc1ccc(N2C(=O)C(Cl)=C(Cl)C2=O)cc1. The van der Waals surface area contributed by atoms with Gasteiger partial charge in [0.1, 0.15) is 15.8 Å². The summed E-state index contributed by atoms with van der Waals surface area (Å²) >= 11 is 11.2. The molecule has 2 rings (SSSR count). The minimum absolute atomic E-state index is 0.291. The molecular formula is C12H7Cl2NO4. The number of rotatable bonds is 2. The predicted octanol–water partition coefficient (Wildman–Crippen LogP) is 2.17. The first-order valence-corrected chi connectivity index (χ1v) is 5.90. The second-order valence-electron chi connectivity index (χ2n) is 3.66. The molecule has 0 N–H and O–H groups in total. The Morgan fingerprint density at radius 1 is 1.05 bits per heavy atom. The molecule has 1 aromatic carbocycles. The van der Waals surface area contributed by atoms with Crippen LogP contribution in [0.1, 0.15) is 6.92 Å². The molecule has 7 heteroatoms. The highest BCUT2D eigenvalue weighted by Crippen LogP contribution is 2.31. The van der Waals surface area contributed by atoms with Crippen LogP contribution in [0.15, 0.2) is 34.3 Å². The number of nitrogens with zero attached hydrogens (tertiary/aromatic N) is 1. The number of carbonyl (C=O) groups is 3. The van der Waals surface area contributed by atoms with Crippen molar-refractivity contribution in [1.82, 2.24) is 0 Å². The van der Waals surface area contributed by atoms with Crippen LogP contribution in [0.25, 0.3) is 0 Å². The Morgan fingerprint density at radius 2 is 1.53 bits per heavy atom. The number of imide groups is 1. The van der Waals surface area contributed by atoms with Crippen molar-refractivity contribution in [2.45, 2.75) is 6.92 Å². The molecule has 0 saturated carbocycles. The van der Waals surface area contributed by atoms with Crippen molar-refractivity contribution < 1.29 is 19.1 Å². The fourth-order valence-electron chi connectivity index (χ4n) is 1.54. The standard InChI is InChI=1S/C12H7Cl2NO4/c1-6(16)19-8-4-2-7(3-5-8)15-11(17)9(13)10(14)12(15)18/h2-5H,1H3. The van der Waals surface area contributed by atoms with Crippen LogP contribution >= 0.6 is 23.2 Å². The van der Waals surface area contributed by atoms with Crippen LogP contribution in [-0.4, -0.2) is 17.8 Å². The molecule has 19 heavy (non-hydrogen) atoms. The molecule has 0 atom stereocenters. The van der Waals surface area contributed by atoms with Gasteiger partial charge < -0.3 is 4.74 Å². The van der Waals surface area contributed by atoms with E-state index in [1.54, 1.807) is 0 Å². The summed E-state index contributed by atoms with van der Waals surface area (Å²) in [4.78, 5) is 35.1. The van der Waals surface area contributed by atoms with E-state index in [0.29, 0.717) is 11.4 Å². The summed E-state index contributed by atoms with van der Waals surface area (Å²) in [6, 6.07) is 5.82. The van der Waals surface area contributed by atoms with Gasteiger partial charge in [0.05, 0.1) is 5.69 Å². The quantitative estimate of drug-likeness (QED) is 0.477. The predicted molar refractivity (Wildman–Crippen MR) is 69.0 cm³/mol. The van der Waals surface area contributed by atoms with Gasteiger partial charge in [-0.15, -0.1) is 0 Å². The highest BCUT2D eigenvalue weighted by molar-refractivity contribution is 6.62. The van der Waals surface area contributed by atoms with Gasteiger partial charge in [0.15, 0.2) is 0 Å². The van der Waals surface area contributed by atoms with E-state index >= 15 is 0 Å². The molecule has 1 aromatic rings. The molecule has 5 nitrogen and oxygen atoms in total. The number of amides is 2. The summed E-state index contributed by atoms with van der Waals surface area (Å²) in [6.07, 6.45) is 0. The first-order valence-electron chi connectivity index (χ1n) is 5.14. The molecule has 2 amide bonds. The summed E-state index contributed by atoms with van der Waals surface area (Å²) < 4.78 is 4.84. The minimum atomic E-state index is -0.683. The summed E-state index contributed by atoms with van der Waals surface area (Å²) in [7, 11) is 0. The number of benzene rings is 1. The second kappa shape index (κ2) is 5.03. The average molecular weight is 300 g/mol. The smallest absolute Gasteiger partial charge is 0.308 e. The molecule has 0 aromatic heterocycles. The van der Waals surface area contributed by atoms with Gasteiger partial charge in [0.25, 0.3) is 11.8 Å². The molecule has 0 saturated heterocycles. The van der Waals surface area contributed by atoms with E-state index in [9.17, 15) is 14.4 Å². The Kier molecular flexibility index (Phi) is 3.59. The van der Waals surface area contributed by atoms with Gasteiger partial charge in [0, 0.05) is 6.92 Å². The van der Waals surface area contributed by atoms with Crippen LogP contribution in [0.5, 0.6) is 5.75 Å². The number of hydrogen-bond donors (Lipinski definition) is 0. The van der Waals surface area contributed by atoms with Crippen LogP contribution in [-0.2, 0) is 14.4 Å².